The Morgan fingerprint density at radius 2 is 1.57 bits per heavy atom. The molecule has 0 amide bonds. The maximum absolute atomic E-state index is 14.9. The second kappa shape index (κ2) is 10.7. The topological polar surface area (TPSA) is 40.7 Å². The predicted molar refractivity (Wildman–Crippen MR) is 114 cm³/mol. The summed E-state index contributed by atoms with van der Waals surface area (Å²) in [5.41, 5.74) is 2.31. The highest BCUT2D eigenvalue weighted by atomic mass is 19.2. The molecule has 2 saturated carbocycles. The number of hydrogen-bond acceptors (Lipinski definition) is 1. The van der Waals surface area contributed by atoms with Crippen molar-refractivity contribution < 1.29 is 20.4 Å². The minimum absolute atomic E-state index is 0. The molecule has 5 atom stereocenters. The average molecular weight is 399 g/mol. The van der Waals surface area contributed by atoms with E-state index in [4.69, 9.17) is 4.74 Å². The van der Waals surface area contributed by atoms with Gasteiger partial charge in [0.2, 0.25) is 0 Å². The number of rotatable bonds is 6. The molecule has 4 heteroatoms. The van der Waals surface area contributed by atoms with E-state index in [2.05, 4.69) is 31.2 Å². The zero-order valence-electron chi connectivity index (χ0n) is 17.7. The van der Waals surface area contributed by atoms with Gasteiger partial charge in [-0.25, -0.2) is 8.78 Å². The summed E-state index contributed by atoms with van der Waals surface area (Å²) in [4.78, 5) is 0. The average Bonchev–Trinajstić information content (AvgIpc) is 2.68. The minimum Gasteiger partial charge on any atom is -0.412 e. The Morgan fingerprint density at radius 1 is 0.964 bits per heavy atom. The van der Waals surface area contributed by atoms with Crippen LogP contribution in [0.1, 0.15) is 90.1 Å². The van der Waals surface area contributed by atoms with Gasteiger partial charge in [-0.05, 0) is 67.9 Å². The molecule has 28 heavy (non-hydrogen) atoms. The first-order valence-electron chi connectivity index (χ1n) is 11.0. The molecule has 2 aliphatic carbocycles. The van der Waals surface area contributed by atoms with Crippen LogP contribution in [0.15, 0.2) is 24.3 Å². The van der Waals surface area contributed by atoms with Crippen molar-refractivity contribution in [3.63, 3.8) is 0 Å². The predicted octanol–water partition coefficient (Wildman–Crippen LogP) is 6.39. The lowest BCUT2D eigenvalue weighted by atomic mass is 9.72. The summed E-state index contributed by atoms with van der Waals surface area (Å²) in [6, 6.07) is 8.44. The highest BCUT2D eigenvalue weighted by Gasteiger charge is 2.45. The lowest BCUT2D eigenvalue weighted by Gasteiger charge is -2.39. The molecule has 2 N–H and O–H groups in total. The largest absolute Gasteiger partial charge is 0.412 e. The summed E-state index contributed by atoms with van der Waals surface area (Å²) in [5.74, 6) is 1.25. The quantitative estimate of drug-likeness (QED) is 0.547. The van der Waals surface area contributed by atoms with Crippen LogP contribution in [0.3, 0.4) is 0 Å². The number of hydrogen-bond donors (Lipinski definition) is 0. The van der Waals surface area contributed by atoms with Crippen molar-refractivity contribution in [2.45, 2.75) is 96.0 Å². The molecular weight excluding hydrogens is 358 g/mol. The summed E-state index contributed by atoms with van der Waals surface area (Å²) >= 11 is 0. The number of ether oxygens (including phenoxy) is 1. The lowest BCUT2D eigenvalue weighted by Crippen LogP contribution is -2.45. The van der Waals surface area contributed by atoms with E-state index in [0.717, 1.165) is 11.5 Å². The maximum Gasteiger partial charge on any atom is 0.158 e. The monoisotopic (exact) mass is 398 g/mol. The smallest absolute Gasteiger partial charge is 0.158 e. The molecule has 2 nitrogen and oxygen atoms in total. The second-order valence-corrected chi connectivity index (χ2v) is 8.79. The van der Waals surface area contributed by atoms with Gasteiger partial charge in [0.25, 0.3) is 0 Å². The molecule has 162 valence electrons. The van der Waals surface area contributed by atoms with E-state index in [0.29, 0.717) is 18.9 Å². The molecule has 0 aliphatic heterocycles. The van der Waals surface area contributed by atoms with Crippen LogP contribution >= 0.6 is 0 Å². The van der Waals surface area contributed by atoms with Crippen LogP contribution < -0.4 is 0 Å². The van der Waals surface area contributed by atoms with Gasteiger partial charge >= 0.3 is 0 Å². The van der Waals surface area contributed by atoms with Crippen molar-refractivity contribution in [2.24, 2.45) is 11.8 Å². The molecule has 0 bridgehead atoms. The van der Waals surface area contributed by atoms with Gasteiger partial charge in [0.15, 0.2) is 6.17 Å². The van der Waals surface area contributed by atoms with Crippen molar-refractivity contribution in [3.8, 4) is 0 Å². The first-order valence-corrected chi connectivity index (χ1v) is 11.0. The van der Waals surface area contributed by atoms with E-state index in [1.807, 2.05) is 13.8 Å². The Morgan fingerprint density at radius 3 is 2.14 bits per heavy atom. The molecule has 0 radical (unpaired) electrons. The van der Waals surface area contributed by atoms with E-state index in [1.165, 1.54) is 44.1 Å². The summed E-state index contributed by atoms with van der Waals surface area (Å²) in [6.07, 6.45) is 4.79. The Hall–Kier alpha value is -1.00. The van der Waals surface area contributed by atoms with Crippen LogP contribution in [0, 0.1) is 11.8 Å². The Balaban J connectivity index is 0.00000210. The molecule has 0 heterocycles. The van der Waals surface area contributed by atoms with Crippen LogP contribution in [0.5, 0.6) is 0 Å². The van der Waals surface area contributed by atoms with E-state index in [9.17, 15) is 8.78 Å². The van der Waals surface area contributed by atoms with Crippen molar-refractivity contribution in [3.05, 3.63) is 35.4 Å². The van der Waals surface area contributed by atoms with Gasteiger partial charge in [-0.3, -0.25) is 0 Å². The van der Waals surface area contributed by atoms with Gasteiger partial charge in [0, 0.05) is 14.0 Å². The number of alkyl halides is 2. The van der Waals surface area contributed by atoms with Gasteiger partial charge in [0.05, 0.1) is 6.10 Å². The van der Waals surface area contributed by atoms with E-state index < -0.39 is 18.4 Å². The van der Waals surface area contributed by atoms with Crippen LogP contribution in [0.4, 0.5) is 8.78 Å². The lowest BCUT2D eigenvalue weighted by molar-refractivity contribution is -0.0737. The Kier molecular flexibility index (Phi) is 8.88. The highest BCUT2D eigenvalue weighted by molar-refractivity contribution is 5.30. The molecule has 5 unspecified atom stereocenters. The van der Waals surface area contributed by atoms with E-state index >= 15 is 0 Å². The molecule has 0 aromatic heterocycles. The number of halogens is 2. The van der Waals surface area contributed by atoms with Crippen molar-refractivity contribution in [1.29, 1.82) is 0 Å². The molecule has 3 rings (SSSR count). The molecule has 1 aromatic carbocycles. The highest BCUT2D eigenvalue weighted by Crippen LogP contribution is 2.43. The fourth-order valence-corrected chi connectivity index (χ4v) is 5.43. The third kappa shape index (κ3) is 5.13. The van der Waals surface area contributed by atoms with Crippen LogP contribution in [0.2, 0.25) is 0 Å². The zero-order chi connectivity index (χ0) is 19.4. The normalized spacial score (nSPS) is 36.0. The maximum atomic E-state index is 14.9. The fourth-order valence-electron chi connectivity index (χ4n) is 5.43. The molecule has 2 fully saturated rings. The summed E-state index contributed by atoms with van der Waals surface area (Å²) < 4.78 is 34.8. The third-order valence-electron chi connectivity index (χ3n) is 6.94. The van der Waals surface area contributed by atoms with Gasteiger partial charge in [-0.2, -0.15) is 0 Å². The second-order valence-electron chi connectivity index (χ2n) is 8.79. The van der Waals surface area contributed by atoms with Crippen LogP contribution in [-0.4, -0.2) is 30.5 Å². The first kappa shape index (κ1) is 23.3. The fraction of sp³-hybridized carbons (Fsp3) is 0.750. The molecular formula is C24H40F2O2. The van der Waals surface area contributed by atoms with Crippen molar-refractivity contribution >= 4 is 0 Å². The zero-order valence-corrected chi connectivity index (χ0v) is 17.7. The summed E-state index contributed by atoms with van der Waals surface area (Å²) in [7, 11) is 0. The molecule has 0 spiro atoms. The molecule has 0 saturated heterocycles. The first-order chi connectivity index (χ1) is 13.0. The van der Waals surface area contributed by atoms with Crippen molar-refractivity contribution in [1.82, 2.24) is 0 Å². The summed E-state index contributed by atoms with van der Waals surface area (Å²) in [6.45, 7) is 6.57. The molecule has 1 aromatic rings. The standard InChI is InChI=1S/C24H36F2O.H2O.H2/c1-4-6-17-7-9-18(10-8-17)19-11-13-20(14-12-19)22-16(3)15-21(27-5-2)23(25)24(22)26;;/h11-14,16-18,21-24H,4-10,15H2,1-3H3;1H2;1H. The minimum atomic E-state index is -1.53. The van der Waals surface area contributed by atoms with Gasteiger partial charge in [-0.15, -0.1) is 0 Å². The Bertz CT molecular complexity index is 575. The van der Waals surface area contributed by atoms with E-state index in [1.54, 1.807) is 0 Å². The van der Waals surface area contributed by atoms with Crippen LogP contribution in [0.25, 0.3) is 0 Å². The SMILES string of the molecule is CCCC1CCC(c2ccc(C3C(C)CC(OCC)C(F)C3F)cc2)CC1.O.[HH]. The van der Waals surface area contributed by atoms with E-state index in [-0.39, 0.29) is 18.7 Å². The van der Waals surface area contributed by atoms with Gasteiger partial charge < -0.3 is 10.2 Å². The van der Waals surface area contributed by atoms with Gasteiger partial charge in [0.1, 0.15) is 6.17 Å². The number of benzene rings is 1. The third-order valence-corrected chi connectivity index (χ3v) is 6.94. The van der Waals surface area contributed by atoms with Crippen LogP contribution in [-0.2, 0) is 4.74 Å². The van der Waals surface area contributed by atoms with Gasteiger partial charge in [-0.1, -0.05) is 51.0 Å². The Labute approximate surface area is 170 Å². The molecule has 2 aliphatic rings. The summed E-state index contributed by atoms with van der Waals surface area (Å²) in [5, 5.41) is 0. The van der Waals surface area contributed by atoms with Crippen molar-refractivity contribution in [2.75, 3.05) is 6.61 Å².